The van der Waals surface area contributed by atoms with Crippen molar-refractivity contribution in [3.63, 3.8) is 0 Å². The van der Waals surface area contributed by atoms with Gasteiger partial charge < -0.3 is 15.3 Å². The van der Waals surface area contributed by atoms with E-state index in [0.29, 0.717) is 0 Å². The first-order valence-corrected chi connectivity index (χ1v) is 7.69. The van der Waals surface area contributed by atoms with E-state index in [0.717, 1.165) is 36.6 Å². The molecule has 1 fully saturated rings. The van der Waals surface area contributed by atoms with Gasteiger partial charge in [-0.1, -0.05) is 17.7 Å². The van der Waals surface area contributed by atoms with Crippen LogP contribution in [0, 0.1) is 0 Å². The van der Waals surface area contributed by atoms with Crippen LogP contribution in [0.5, 0.6) is 0 Å². The SMILES string of the molecule is CC(C)(C)NCc1ccc(Cl)cc1N1CCCC1CO. The van der Waals surface area contributed by atoms with E-state index in [1.165, 1.54) is 5.56 Å². The lowest BCUT2D eigenvalue weighted by Gasteiger charge is -2.29. The monoisotopic (exact) mass is 296 g/mol. The Balaban J connectivity index is 2.24. The molecule has 1 saturated heterocycles. The number of hydrogen-bond donors (Lipinski definition) is 2. The van der Waals surface area contributed by atoms with Crippen LogP contribution in [0.1, 0.15) is 39.2 Å². The van der Waals surface area contributed by atoms with Crippen molar-refractivity contribution in [2.75, 3.05) is 18.1 Å². The van der Waals surface area contributed by atoms with Crippen molar-refractivity contribution in [2.45, 2.75) is 51.7 Å². The number of nitrogens with zero attached hydrogens (tertiary/aromatic N) is 1. The molecule has 0 aliphatic carbocycles. The molecule has 0 bridgehead atoms. The molecular formula is C16H25ClN2O. The largest absolute Gasteiger partial charge is 0.394 e. The second-order valence-electron chi connectivity index (χ2n) is 6.55. The number of aliphatic hydroxyl groups excluding tert-OH is 1. The van der Waals surface area contributed by atoms with Gasteiger partial charge in [-0.2, -0.15) is 0 Å². The lowest BCUT2D eigenvalue weighted by atomic mass is 10.1. The Bertz CT molecular complexity index is 456. The standard InChI is InChI=1S/C16H25ClN2O/c1-16(2,3)18-10-12-6-7-13(17)9-15(12)19-8-4-5-14(19)11-20/h6-7,9,14,18,20H,4-5,8,10-11H2,1-3H3. The van der Waals surface area contributed by atoms with Crippen molar-refractivity contribution in [2.24, 2.45) is 0 Å². The Kier molecular flexibility index (Phi) is 4.95. The highest BCUT2D eigenvalue weighted by molar-refractivity contribution is 6.30. The zero-order valence-electron chi connectivity index (χ0n) is 12.6. The molecule has 0 aromatic heterocycles. The van der Waals surface area contributed by atoms with Gasteiger partial charge in [0.05, 0.1) is 12.6 Å². The summed E-state index contributed by atoms with van der Waals surface area (Å²) in [7, 11) is 0. The van der Waals surface area contributed by atoms with Gasteiger partial charge in [-0.3, -0.25) is 0 Å². The van der Waals surface area contributed by atoms with E-state index in [-0.39, 0.29) is 18.2 Å². The van der Waals surface area contributed by atoms with Crippen LogP contribution in [0.2, 0.25) is 5.02 Å². The highest BCUT2D eigenvalue weighted by Crippen LogP contribution is 2.31. The summed E-state index contributed by atoms with van der Waals surface area (Å²) < 4.78 is 0. The summed E-state index contributed by atoms with van der Waals surface area (Å²) >= 11 is 6.17. The van der Waals surface area contributed by atoms with Crippen LogP contribution in [0.25, 0.3) is 0 Å². The van der Waals surface area contributed by atoms with Crippen LogP contribution in [0.3, 0.4) is 0 Å². The predicted octanol–water partition coefficient (Wildman–Crippen LogP) is 3.19. The van der Waals surface area contributed by atoms with Crippen LogP contribution in [-0.2, 0) is 6.54 Å². The van der Waals surface area contributed by atoms with Crippen molar-refractivity contribution in [3.8, 4) is 0 Å². The van der Waals surface area contributed by atoms with Gasteiger partial charge >= 0.3 is 0 Å². The molecule has 0 spiro atoms. The van der Waals surface area contributed by atoms with Gasteiger partial charge in [0, 0.05) is 29.3 Å². The first kappa shape index (κ1) is 15.6. The van der Waals surface area contributed by atoms with Gasteiger partial charge in [-0.15, -0.1) is 0 Å². The van der Waals surface area contributed by atoms with Crippen molar-refractivity contribution in [1.29, 1.82) is 0 Å². The van der Waals surface area contributed by atoms with Crippen LogP contribution in [-0.4, -0.2) is 29.8 Å². The maximum absolute atomic E-state index is 9.53. The fourth-order valence-corrected chi connectivity index (χ4v) is 2.82. The topological polar surface area (TPSA) is 35.5 Å². The molecule has 1 heterocycles. The van der Waals surface area contributed by atoms with Gasteiger partial charge in [0.15, 0.2) is 0 Å². The summed E-state index contributed by atoms with van der Waals surface area (Å²) in [5.41, 5.74) is 2.48. The van der Waals surface area contributed by atoms with E-state index in [1.807, 2.05) is 12.1 Å². The van der Waals surface area contributed by atoms with E-state index in [9.17, 15) is 5.11 Å². The van der Waals surface area contributed by atoms with Crippen LogP contribution in [0.4, 0.5) is 5.69 Å². The molecule has 4 heteroatoms. The van der Waals surface area contributed by atoms with Gasteiger partial charge in [-0.05, 0) is 51.3 Å². The highest BCUT2D eigenvalue weighted by atomic mass is 35.5. The summed E-state index contributed by atoms with van der Waals surface area (Å²) in [4.78, 5) is 2.30. The molecule has 20 heavy (non-hydrogen) atoms. The molecule has 2 rings (SSSR count). The van der Waals surface area contributed by atoms with Gasteiger partial charge in [0.25, 0.3) is 0 Å². The first-order chi connectivity index (χ1) is 9.40. The summed E-state index contributed by atoms with van der Waals surface area (Å²) in [6.07, 6.45) is 2.18. The van der Waals surface area contributed by atoms with Crippen LogP contribution >= 0.6 is 11.6 Å². The molecule has 1 aliphatic rings. The highest BCUT2D eigenvalue weighted by Gasteiger charge is 2.26. The van der Waals surface area contributed by atoms with Crippen molar-refractivity contribution >= 4 is 17.3 Å². The third-order valence-electron chi connectivity index (χ3n) is 3.75. The first-order valence-electron chi connectivity index (χ1n) is 7.31. The Morgan fingerprint density at radius 3 is 2.80 bits per heavy atom. The average Bonchev–Trinajstić information content (AvgIpc) is 2.84. The molecule has 0 radical (unpaired) electrons. The molecule has 1 atom stereocenters. The quantitative estimate of drug-likeness (QED) is 0.896. The number of aliphatic hydroxyl groups is 1. The molecule has 1 aromatic carbocycles. The average molecular weight is 297 g/mol. The van der Waals surface area contributed by atoms with Crippen LogP contribution < -0.4 is 10.2 Å². The van der Waals surface area contributed by atoms with Crippen molar-refractivity contribution in [1.82, 2.24) is 5.32 Å². The zero-order valence-corrected chi connectivity index (χ0v) is 13.4. The smallest absolute Gasteiger partial charge is 0.0635 e. The minimum Gasteiger partial charge on any atom is -0.394 e. The summed E-state index contributed by atoms with van der Waals surface area (Å²) in [6.45, 7) is 8.50. The predicted molar refractivity (Wildman–Crippen MR) is 85.5 cm³/mol. The summed E-state index contributed by atoms with van der Waals surface area (Å²) in [6, 6.07) is 6.27. The van der Waals surface area contributed by atoms with Crippen molar-refractivity contribution < 1.29 is 5.11 Å². The Morgan fingerprint density at radius 2 is 2.15 bits per heavy atom. The number of rotatable bonds is 4. The zero-order chi connectivity index (χ0) is 14.8. The Hall–Kier alpha value is -0.770. The molecule has 1 aliphatic heterocycles. The lowest BCUT2D eigenvalue weighted by molar-refractivity contribution is 0.266. The minimum absolute atomic E-state index is 0.0816. The van der Waals surface area contributed by atoms with Gasteiger partial charge in [0.2, 0.25) is 0 Å². The normalized spacial score (nSPS) is 19.6. The molecule has 1 unspecified atom stereocenters. The summed E-state index contributed by atoms with van der Waals surface area (Å²) in [5.74, 6) is 0. The van der Waals surface area contributed by atoms with E-state index in [1.54, 1.807) is 0 Å². The van der Waals surface area contributed by atoms with Gasteiger partial charge in [0.1, 0.15) is 0 Å². The summed E-state index contributed by atoms with van der Waals surface area (Å²) in [5, 5.41) is 13.8. The maximum Gasteiger partial charge on any atom is 0.0635 e. The molecule has 3 nitrogen and oxygen atoms in total. The fraction of sp³-hybridized carbons (Fsp3) is 0.625. The maximum atomic E-state index is 9.53. The number of nitrogens with one attached hydrogen (secondary N) is 1. The molecule has 0 amide bonds. The van der Waals surface area contributed by atoms with Crippen molar-refractivity contribution in [3.05, 3.63) is 28.8 Å². The Labute approximate surface area is 126 Å². The fourth-order valence-electron chi connectivity index (χ4n) is 2.66. The molecule has 112 valence electrons. The minimum atomic E-state index is 0.0816. The van der Waals surface area contributed by atoms with E-state index in [2.05, 4.69) is 37.1 Å². The number of benzene rings is 1. The second kappa shape index (κ2) is 6.33. The molecular weight excluding hydrogens is 272 g/mol. The number of halogens is 1. The van der Waals surface area contributed by atoms with Gasteiger partial charge in [-0.25, -0.2) is 0 Å². The Morgan fingerprint density at radius 1 is 1.40 bits per heavy atom. The molecule has 0 saturated carbocycles. The number of hydrogen-bond acceptors (Lipinski definition) is 3. The van der Waals surface area contributed by atoms with E-state index >= 15 is 0 Å². The lowest BCUT2D eigenvalue weighted by Crippen LogP contribution is -2.37. The molecule has 1 aromatic rings. The molecule has 2 N–H and O–H groups in total. The number of anilines is 1. The van der Waals surface area contributed by atoms with Crippen LogP contribution in [0.15, 0.2) is 18.2 Å². The third-order valence-corrected chi connectivity index (χ3v) is 3.99. The van der Waals surface area contributed by atoms with E-state index in [4.69, 9.17) is 11.6 Å². The third kappa shape index (κ3) is 3.87. The second-order valence-corrected chi connectivity index (χ2v) is 6.99. The van der Waals surface area contributed by atoms with E-state index < -0.39 is 0 Å².